The molecule has 12 heavy (non-hydrogen) atoms. The van der Waals surface area contributed by atoms with E-state index in [2.05, 4.69) is 0 Å². The van der Waals surface area contributed by atoms with Crippen LogP contribution in [0.1, 0.15) is 0 Å². The zero-order valence-corrected chi connectivity index (χ0v) is 6.56. The van der Waals surface area contributed by atoms with Crippen molar-refractivity contribution in [1.29, 1.82) is 0 Å². The van der Waals surface area contributed by atoms with Crippen molar-refractivity contribution >= 4 is 0 Å². The molecule has 3 heteroatoms. The molecule has 0 saturated carbocycles. The van der Waals surface area contributed by atoms with E-state index in [1.807, 2.05) is 0 Å². The maximum Gasteiger partial charge on any atom is 0.119 e. The van der Waals surface area contributed by atoms with Crippen molar-refractivity contribution in [1.82, 2.24) is 0 Å². The van der Waals surface area contributed by atoms with Gasteiger partial charge in [-0.3, -0.25) is 0 Å². The second kappa shape index (κ2) is 3.03. The first-order chi connectivity index (χ1) is 5.84. The molecule has 0 aromatic heterocycles. The lowest BCUT2D eigenvalue weighted by atomic mass is 10.3. The fourth-order valence-corrected chi connectivity index (χ4v) is 0.896. The number of phenolic OH excluding ortho intramolecular Hbond substituents is 1. The summed E-state index contributed by atoms with van der Waals surface area (Å²) in [7, 11) is 0. The maximum absolute atomic E-state index is 8.97. The van der Waals surface area contributed by atoms with Gasteiger partial charge in [0.15, 0.2) is 0 Å². The van der Waals surface area contributed by atoms with Crippen LogP contribution >= 0.6 is 0 Å². The molecule has 1 saturated heterocycles. The minimum Gasteiger partial charge on any atom is -0.508 e. The van der Waals surface area contributed by atoms with E-state index in [-0.39, 0.29) is 11.9 Å². The fraction of sp³-hybridized carbons (Fsp3) is 0.333. The molecule has 1 aliphatic heterocycles. The van der Waals surface area contributed by atoms with Crippen molar-refractivity contribution < 1.29 is 14.6 Å². The highest BCUT2D eigenvalue weighted by molar-refractivity contribution is 5.30. The van der Waals surface area contributed by atoms with Gasteiger partial charge in [-0.25, -0.2) is 0 Å². The molecule has 64 valence electrons. The lowest BCUT2D eigenvalue weighted by Crippen LogP contribution is -2.03. The molecule has 2 rings (SSSR count). The van der Waals surface area contributed by atoms with Gasteiger partial charge >= 0.3 is 0 Å². The summed E-state index contributed by atoms with van der Waals surface area (Å²) in [6.45, 7) is 1.41. The van der Waals surface area contributed by atoms with Crippen LogP contribution in [0.15, 0.2) is 24.3 Å². The third kappa shape index (κ3) is 1.89. The normalized spacial score (nSPS) is 20.5. The van der Waals surface area contributed by atoms with Crippen molar-refractivity contribution in [2.24, 2.45) is 0 Å². The summed E-state index contributed by atoms with van der Waals surface area (Å²) < 4.78 is 10.3. The van der Waals surface area contributed by atoms with Crippen molar-refractivity contribution in [3.8, 4) is 11.5 Å². The molecule has 3 nitrogen and oxygen atoms in total. The van der Waals surface area contributed by atoms with Crippen LogP contribution in [0, 0.1) is 0 Å². The first kappa shape index (κ1) is 7.43. The number of rotatable bonds is 3. The van der Waals surface area contributed by atoms with Crippen molar-refractivity contribution in [2.75, 3.05) is 13.2 Å². The average molecular weight is 166 g/mol. The van der Waals surface area contributed by atoms with Crippen LogP contribution in [0.5, 0.6) is 11.5 Å². The number of benzene rings is 1. The Balaban J connectivity index is 1.89. The van der Waals surface area contributed by atoms with Crippen LogP contribution in [-0.2, 0) is 4.74 Å². The Morgan fingerprint density at radius 2 is 2.08 bits per heavy atom. The third-order valence-electron chi connectivity index (χ3n) is 1.67. The van der Waals surface area contributed by atoms with E-state index in [1.54, 1.807) is 24.3 Å². The third-order valence-corrected chi connectivity index (χ3v) is 1.67. The summed E-state index contributed by atoms with van der Waals surface area (Å²) in [6, 6.07) is 6.67. The molecule has 1 fully saturated rings. The van der Waals surface area contributed by atoms with Gasteiger partial charge in [0, 0.05) is 0 Å². The van der Waals surface area contributed by atoms with E-state index in [9.17, 15) is 0 Å². The van der Waals surface area contributed by atoms with E-state index in [1.165, 1.54) is 0 Å². The van der Waals surface area contributed by atoms with Gasteiger partial charge in [-0.05, 0) is 24.3 Å². The standard InChI is InChI=1S/C9H10O3/c10-7-1-3-8(4-2-7)11-5-9-6-12-9/h1-4,9-10H,5-6H2/t9-/m0/s1. The summed E-state index contributed by atoms with van der Waals surface area (Å²) in [6.07, 6.45) is 0.277. The Bertz CT molecular complexity index is 251. The average Bonchev–Trinajstić information content (AvgIpc) is 2.87. The maximum atomic E-state index is 8.97. The Kier molecular flexibility index (Phi) is 1.87. The minimum atomic E-state index is 0.255. The Morgan fingerprint density at radius 1 is 1.42 bits per heavy atom. The predicted molar refractivity (Wildman–Crippen MR) is 43.3 cm³/mol. The van der Waals surface area contributed by atoms with E-state index in [4.69, 9.17) is 14.6 Å². The van der Waals surface area contributed by atoms with Gasteiger partial charge in [0.1, 0.15) is 24.2 Å². The highest BCUT2D eigenvalue weighted by atomic mass is 16.6. The van der Waals surface area contributed by atoms with Crippen LogP contribution < -0.4 is 4.74 Å². The first-order valence-electron chi connectivity index (χ1n) is 3.88. The number of aromatic hydroxyl groups is 1. The number of epoxide rings is 1. The summed E-state index contributed by atoms with van der Waals surface area (Å²) in [5, 5.41) is 8.97. The molecule has 1 aromatic rings. The largest absolute Gasteiger partial charge is 0.508 e. The minimum absolute atomic E-state index is 0.255. The monoisotopic (exact) mass is 166 g/mol. The van der Waals surface area contributed by atoms with Crippen molar-refractivity contribution in [3.63, 3.8) is 0 Å². The molecule has 0 bridgehead atoms. The molecule has 0 unspecified atom stereocenters. The molecule has 0 amide bonds. The van der Waals surface area contributed by atoms with E-state index < -0.39 is 0 Å². The second-order valence-corrected chi connectivity index (χ2v) is 2.76. The summed E-state index contributed by atoms with van der Waals surface area (Å²) in [4.78, 5) is 0. The summed E-state index contributed by atoms with van der Waals surface area (Å²) >= 11 is 0. The van der Waals surface area contributed by atoms with Gasteiger partial charge in [-0.1, -0.05) is 0 Å². The molecular formula is C9H10O3. The topological polar surface area (TPSA) is 42.0 Å². The van der Waals surface area contributed by atoms with Crippen LogP contribution in [-0.4, -0.2) is 24.4 Å². The van der Waals surface area contributed by atoms with Gasteiger partial charge in [0.2, 0.25) is 0 Å². The SMILES string of the molecule is Oc1ccc(OC[C@H]2CO2)cc1. The Morgan fingerprint density at radius 3 is 2.67 bits per heavy atom. The van der Waals surface area contributed by atoms with Crippen LogP contribution in [0.2, 0.25) is 0 Å². The molecule has 1 atom stereocenters. The molecule has 1 heterocycles. The van der Waals surface area contributed by atoms with Crippen LogP contribution in [0.4, 0.5) is 0 Å². The first-order valence-corrected chi connectivity index (χ1v) is 3.88. The van der Waals surface area contributed by atoms with Crippen molar-refractivity contribution in [2.45, 2.75) is 6.10 Å². The highest BCUT2D eigenvalue weighted by Crippen LogP contribution is 2.17. The summed E-state index contributed by atoms with van der Waals surface area (Å²) in [5.41, 5.74) is 0. The van der Waals surface area contributed by atoms with Gasteiger partial charge < -0.3 is 14.6 Å². The number of hydrogen-bond donors (Lipinski definition) is 1. The van der Waals surface area contributed by atoms with Gasteiger partial charge in [-0.15, -0.1) is 0 Å². The molecule has 0 aliphatic carbocycles. The Labute approximate surface area is 70.5 Å². The lowest BCUT2D eigenvalue weighted by Gasteiger charge is -2.02. The van der Waals surface area contributed by atoms with Gasteiger partial charge in [-0.2, -0.15) is 0 Å². The van der Waals surface area contributed by atoms with Gasteiger partial charge in [0.05, 0.1) is 6.61 Å². The van der Waals surface area contributed by atoms with E-state index >= 15 is 0 Å². The number of phenols is 1. The number of hydrogen-bond acceptors (Lipinski definition) is 3. The fourth-order valence-electron chi connectivity index (χ4n) is 0.896. The molecule has 0 spiro atoms. The zero-order valence-electron chi connectivity index (χ0n) is 6.56. The quantitative estimate of drug-likeness (QED) is 0.685. The summed E-state index contributed by atoms with van der Waals surface area (Å²) in [5.74, 6) is 1.02. The predicted octanol–water partition coefficient (Wildman–Crippen LogP) is 1.17. The van der Waals surface area contributed by atoms with E-state index in [0.29, 0.717) is 6.61 Å². The van der Waals surface area contributed by atoms with Crippen LogP contribution in [0.25, 0.3) is 0 Å². The van der Waals surface area contributed by atoms with Crippen molar-refractivity contribution in [3.05, 3.63) is 24.3 Å². The lowest BCUT2D eigenvalue weighted by molar-refractivity contribution is 0.263. The van der Waals surface area contributed by atoms with E-state index in [0.717, 1.165) is 12.4 Å². The second-order valence-electron chi connectivity index (χ2n) is 2.76. The highest BCUT2D eigenvalue weighted by Gasteiger charge is 2.22. The van der Waals surface area contributed by atoms with Crippen LogP contribution in [0.3, 0.4) is 0 Å². The van der Waals surface area contributed by atoms with Gasteiger partial charge in [0.25, 0.3) is 0 Å². The number of ether oxygens (including phenoxy) is 2. The molecule has 1 aromatic carbocycles. The molecule has 0 radical (unpaired) electrons. The smallest absolute Gasteiger partial charge is 0.119 e. The zero-order chi connectivity index (χ0) is 8.39. The molecular weight excluding hydrogens is 156 g/mol. The molecule has 1 N–H and O–H groups in total. The molecule has 1 aliphatic rings. The Hall–Kier alpha value is -1.22.